The molecule has 55 valence electrons. The van der Waals surface area contributed by atoms with Gasteiger partial charge < -0.3 is 4.74 Å². The molecule has 0 unspecified atom stereocenters. The van der Waals surface area contributed by atoms with Crippen molar-refractivity contribution in [2.45, 2.75) is 0 Å². The van der Waals surface area contributed by atoms with Crippen LogP contribution in [0.1, 0.15) is 5.56 Å². The van der Waals surface area contributed by atoms with Crippen molar-refractivity contribution in [2.24, 2.45) is 0 Å². The van der Waals surface area contributed by atoms with Gasteiger partial charge in [-0.2, -0.15) is 0 Å². The number of rotatable bonds is 2. The molecule has 0 spiro atoms. The molecule has 1 aromatic rings. The molecular weight excluding hydrogens is 136 g/mol. The van der Waals surface area contributed by atoms with Gasteiger partial charge in [0.1, 0.15) is 0 Å². The van der Waals surface area contributed by atoms with E-state index in [4.69, 9.17) is 11.2 Å². The van der Waals surface area contributed by atoms with Gasteiger partial charge in [0.2, 0.25) is 0 Å². The fraction of sp³-hybridized carbons (Fsp3) is 0.100. The highest BCUT2D eigenvalue weighted by Crippen LogP contribution is 2.12. The summed E-state index contributed by atoms with van der Waals surface area (Å²) in [6, 6.07) is 9.61. The Bertz CT molecular complexity index is 245. The molecule has 0 N–H and O–H groups in total. The van der Waals surface area contributed by atoms with E-state index in [0.717, 1.165) is 5.56 Å². The molecule has 1 nitrogen and oxygen atoms in total. The monoisotopic (exact) mass is 145 g/mol. The smallest absolute Gasteiger partial charge is 0.198 e. The van der Waals surface area contributed by atoms with E-state index in [9.17, 15) is 0 Å². The standard InChI is InChI=1S/C10H9O/c1-3-10(11-2)9-7-5-4-6-8-9/h1,4-8H,2H3. The van der Waals surface area contributed by atoms with Gasteiger partial charge in [-0.1, -0.05) is 36.3 Å². The van der Waals surface area contributed by atoms with Crippen LogP contribution in [0.15, 0.2) is 30.3 Å². The predicted molar refractivity (Wildman–Crippen MR) is 44.6 cm³/mol. The van der Waals surface area contributed by atoms with Gasteiger partial charge in [-0.3, -0.25) is 0 Å². The van der Waals surface area contributed by atoms with Crippen LogP contribution in [0.25, 0.3) is 0 Å². The van der Waals surface area contributed by atoms with Crippen LogP contribution in [0.5, 0.6) is 0 Å². The first-order valence-corrected chi connectivity index (χ1v) is 3.31. The van der Waals surface area contributed by atoms with Gasteiger partial charge in [0.05, 0.1) is 0 Å². The van der Waals surface area contributed by atoms with Crippen molar-refractivity contribution in [1.29, 1.82) is 0 Å². The summed E-state index contributed by atoms with van der Waals surface area (Å²) in [7, 11) is 1.57. The molecule has 0 heterocycles. The molecule has 1 rings (SSSR count). The Labute approximate surface area is 67.0 Å². The molecule has 1 radical (unpaired) electrons. The van der Waals surface area contributed by atoms with Crippen LogP contribution in [0.4, 0.5) is 0 Å². The van der Waals surface area contributed by atoms with Gasteiger partial charge in [-0.05, 0) is 0 Å². The lowest BCUT2D eigenvalue weighted by atomic mass is 10.1. The first kappa shape index (κ1) is 7.84. The van der Waals surface area contributed by atoms with Crippen molar-refractivity contribution >= 4 is 0 Å². The van der Waals surface area contributed by atoms with Crippen molar-refractivity contribution in [3.8, 4) is 12.3 Å². The fourth-order valence-electron chi connectivity index (χ4n) is 0.850. The van der Waals surface area contributed by atoms with Crippen molar-refractivity contribution in [2.75, 3.05) is 7.11 Å². The maximum absolute atomic E-state index is 5.20. The highest BCUT2D eigenvalue weighted by molar-refractivity contribution is 5.36. The molecule has 0 aliphatic carbocycles. The quantitative estimate of drug-likeness (QED) is 0.577. The molecule has 0 atom stereocenters. The Kier molecular flexibility index (Phi) is 2.71. The Morgan fingerprint density at radius 2 is 2.00 bits per heavy atom. The highest BCUT2D eigenvalue weighted by Gasteiger charge is 2.05. The molecule has 0 aliphatic heterocycles. The lowest BCUT2D eigenvalue weighted by molar-refractivity contribution is 0.258. The third kappa shape index (κ3) is 1.83. The van der Waals surface area contributed by atoms with E-state index in [1.165, 1.54) is 0 Å². The normalized spacial score (nSPS) is 9.55. The molecule has 0 bridgehead atoms. The number of hydrogen-bond donors (Lipinski definition) is 0. The topological polar surface area (TPSA) is 9.23 Å². The van der Waals surface area contributed by atoms with Crippen molar-refractivity contribution in [3.05, 3.63) is 42.0 Å². The first-order chi connectivity index (χ1) is 5.38. The lowest BCUT2D eigenvalue weighted by Gasteiger charge is -2.05. The number of hydrogen-bond acceptors (Lipinski definition) is 1. The van der Waals surface area contributed by atoms with E-state index in [1.807, 2.05) is 30.3 Å². The molecule has 11 heavy (non-hydrogen) atoms. The molecular formula is C10H9O. The minimum absolute atomic E-state index is 0.575. The van der Waals surface area contributed by atoms with E-state index in [0.29, 0.717) is 6.10 Å². The summed E-state index contributed by atoms with van der Waals surface area (Å²) < 4.78 is 4.97. The largest absolute Gasteiger partial charge is 0.357 e. The number of ether oxygens (including phenoxy) is 1. The summed E-state index contributed by atoms with van der Waals surface area (Å²) in [5.74, 6) is 2.46. The lowest BCUT2D eigenvalue weighted by Crippen LogP contribution is -1.97. The second-order valence-corrected chi connectivity index (χ2v) is 2.04. The molecule has 0 amide bonds. The van der Waals surface area contributed by atoms with E-state index < -0.39 is 0 Å². The molecule has 1 aromatic carbocycles. The Morgan fingerprint density at radius 3 is 2.45 bits per heavy atom. The fourth-order valence-corrected chi connectivity index (χ4v) is 0.850. The summed E-state index contributed by atoms with van der Waals surface area (Å²) >= 11 is 0. The zero-order chi connectivity index (χ0) is 8.10. The van der Waals surface area contributed by atoms with E-state index in [-0.39, 0.29) is 0 Å². The average molecular weight is 145 g/mol. The van der Waals surface area contributed by atoms with Crippen LogP contribution in [-0.2, 0) is 4.74 Å². The molecule has 0 saturated heterocycles. The van der Waals surface area contributed by atoms with Crippen LogP contribution in [0.2, 0.25) is 0 Å². The zero-order valence-corrected chi connectivity index (χ0v) is 6.37. The number of benzene rings is 1. The summed E-state index contributed by atoms with van der Waals surface area (Å²) in [6.07, 6.45) is 5.78. The SMILES string of the molecule is C#C[C](OC)c1ccccc1. The van der Waals surface area contributed by atoms with Gasteiger partial charge >= 0.3 is 0 Å². The predicted octanol–water partition coefficient (Wildman–Crippen LogP) is 1.85. The summed E-state index contributed by atoms with van der Waals surface area (Å²) in [6.45, 7) is 0. The molecule has 0 saturated carbocycles. The minimum Gasteiger partial charge on any atom is -0.357 e. The van der Waals surface area contributed by atoms with Gasteiger partial charge in [0, 0.05) is 12.7 Å². The second-order valence-electron chi connectivity index (χ2n) is 2.04. The Hall–Kier alpha value is -1.26. The minimum atomic E-state index is 0.575. The van der Waals surface area contributed by atoms with Gasteiger partial charge in [0.15, 0.2) is 6.10 Å². The maximum Gasteiger partial charge on any atom is 0.198 e. The third-order valence-electron chi connectivity index (χ3n) is 1.37. The van der Waals surface area contributed by atoms with Crippen molar-refractivity contribution < 1.29 is 4.74 Å². The van der Waals surface area contributed by atoms with Crippen LogP contribution in [0, 0.1) is 18.4 Å². The van der Waals surface area contributed by atoms with Gasteiger partial charge in [-0.15, -0.1) is 6.42 Å². The maximum atomic E-state index is 5.20. The van der Waals surface area contributed by atoms with Crippen LogP contribution >= 0.6 is 0 Å². The zero-order valence-electron chi connectivity index (χ0n) is 6.37. The summed E-state index contributed by atoms with van der Waals surface area (Å²) in [5, 5.41) is 0. The average Bonchev–Trinajstić information content (AvgIpc) is 2.09. The van der Waals surface area contributed by atoms with E-state index in [1.54, 1.807) is 7.11 Å². The summed E-state index contributed by atoms with van der Waals surface area (Å²) in [4.78, 5) is 0. The molecule has 0 aliphatic rings. The van der Waals surface area contributed by atoms with Crippen LogP contribution in [0.3, 0.4) is 0 Å². The van der Waals surface area contributed by atoms with Crippen LogP contribution < -0.4 is 0 Å². The van der Waals surface area contributed by atoms with Crippen molar-refractivity contribution in [3.63, 3.8) is 0 Å². The van der Waals surface area contributed by atoms with Gasteiger partial charge in [0.25, 0.3) is 0 Å². The third-order valence-corrected chi connectivity index (χ3v) is 1.37. The highest BCUT2D eigenvalue weighted by atomic mass is 16.5. The number of terminal acetylenes is 1. The Balaban J connectivity index is 2.85. The Morgan fingerprint density at radius 1 is 1.36 bits per heavy atom. The molecule has 0 aromatic heterocycles. The number of methoxy groups -OCH3 is 1. The van der Waals surface area contributed by atoms with Crippen molar-refractivity contribution in [1.82, 2.24) is 0 Å². The van der Waals surface area contributed by atoms with E-state index in [2.05, 4.69) is 5.92 Å². The second kappa shape index (κ2) is 3.80. The molecule has 1 heteroatoms. The van der Waals surface area contributed by atoms with E-state index >= 15 is 0 Å². The van der Waals surface area contributed by atoms with Gasteiger partial charge in [-0.25, -0.2) is 0 Å². The summed E-state index contributed by atoms with van der Waals surface area (Å²) in [5.41, 5.74) is 0.942. The first-order valence-electron chi connectivity index (χ1n) is 3.31. The molecule has 0 fully saturated rings. The van der Waals surface area contributed by atoms with Crippen LogP contribution in [-0.4, -0.2) is 7.11 Å².